The Bertz CT molecular complexity index is 1140. The molecule has 0 fully saturated rings. The van der Waals surface area contributed by atoms with E-state index in [0.717, 1.165) is 16.7 Å². The SMILES string of the molecule is COc1ccc(C=C(C#N)c2nc(-c3ccc(C)cc3)c(NC(C)=O)s2)cc1OC. The van der Waals surface area contributed by atoms with Gasteiger partial charge in [0.05, 0.1) is 19.8 Å². The first kappa shape index (κ1) is 21.1. The van der Waals surface area contributed by atoms with Crippen LogP contribution in [0.4, 0.5) is 5.00 Å². The minimum absolute atomic E-state index is 0.194. The molecule has 1 amide bonds. The number of anilines is 1. The zero-order chi connectivity index (χ0) is 21.7. The second-order valence-corrected chi connectivity index (χ2v) is 7.53. The normalized spacial score (nSPS) is 11.0. The largest absolute Gasteiger partial charge is 0.493 e. The standard InChI is InChI=1S/C23H21N3O3S/c1-14-5-8-17(9-6-14)21-23(25-15(2)27)30-22(26-21)18(13-24)11-16-7-10-19(28-3)20(12-16)29-4/h5-12H,1-4H3,(H,25,27). The number of nitrogens with one attached hydrogen (secondary N) is 1. The van der Waals surface area contributed by atoms with Crippen molar-refractivity contribution in [1.29, 1.82) is 5.26 Å². The molecule has 3 rings (SSSR count). The topological polar surface area (TPSA) is 84.2 Å². The molecule has 0 aliphatic carbocycles. The number of benzene rings is 2. The van der Waals surface area contributed by atoms with Crippen LogP contribution in [0, 0.1) is 18.3 Å². The van der Waals surface area contributed by atoms with Crippen molar-refractivity contribution in [3.63, 3.8) is 0 Å². The summed E-state index contributed by atoms with van der Waals surface area (Å²) in [5.41, 5.74) is 3.80. The Kier molecular flexibility index (Phi) is 6.50. The van der Waals surface area contributed by atoms with Crippen molar-refractivity contribution in [2.75, 3.05) is 19.5 Å². The number of nitrogens with zero attached hydrogens (tertiary/aromatic N) is 2. The molecule has 0 saturated heterocycles. The summed E-state index contributed by atoms with van der Waals surface area (Å²) in [5.74, 6) is 0.986. The summed E-state index contributed by atoms with van der Waals surface area (Å²) in [7, 11) is 3.13. The van der Waals surface area contributed by atoms with Gasteiger partial charge < -0.3 is 14.8 Å². The van der Waals surface area contributed by atoms with Gasteiger partial charge in [0.1, 0.15) is 21.8 Å². The lowest BCUT2D eigenvalue weighted by molar-refractivity contribution is -0.114. The summed E-state index contributed by atoms with van der Waals surface area (Å²) in [5, 5.41) is 13.7. The third-order valence-corrected chi connectivity index (χ3v) is 5.32. The van der Waals surface area contributed by atoms with Crippen molar-refractivity contribution in [2.45, 2.75) is 13.8 Å². The Labute approximate surface area is 179 Å². The van der Waals surface area contributed by atoms with Crippen molar-refractivity contribution in [3.8, 4) is 28.8 Å². The molecule has 0 spiro atoms. The number of methoxy groups -OCH3 is 2. The van der Waals surface area contributed by atoms with Crippen LogP contribution in [0.15, 0.2) is 42.5 Å². The van der Waals surface area contributed by atoms with E-state index >= 15 is 0 Å². The predicted molar refractivity (Wildman–Crippen MR) is 120 cm³/mol. The number of allylic oxidation sites excluding steroid dienone is 1. The molecular formula is C23H21N3O3S. The van der Waals surface area contributed by atoms with E-state index in [1.54, 1.807) is 32.4 Å². The van der Waals surface area contributed by atoms with E-state index in [0.29, 0.717) is 32.8 Å². The molecule has 1 N–H and O–H groups in total. The molecule has 0 bridgehead atoms. The third kappa shape index (κ3) is 4.67. The zero-order valence-corrected chi connectivity index (χ0v) is 18.0. The molecule has 1 aromatic heterocycles. The van der Waals surface area contributed by atoms with E-state index in [2.05, 4.69) is 16.4 Å². The summed E-state index contributed by atoms with van der Waals surface area (Å²) in [6.45, 7) is 3.45. The first-order chi connectivity index (χ1) is 14.4. The number of thiazole rings is 1. The van der Waals surface area contributed by atoms with Crippen LogP contribution in [0.2, 0.25) is 0 Å². The summed E-state index contributed by atoms with van der Waals surface area (Å²) >= 11 is 1.27. The highest BCUT2D eigenvalue weighted by atomic mass is 32.1. The predicted octanol–water partition coefficient (Wildman–Crippen LogP) is 5.16. The highest BCUT2D eigenvalue weighted by Crippen LogP contribution is 2.37. The van der Waals surface area contributed by atoms with Crippen molar-refractivity contribution in [1.82, 2.24) is 4.98 Å². The maximum absolute atomic E-state index is 11.7. The lowest BCUT2D eigenvalue weighted by Gasteiger charge is -2.07. The van der Waals surface area contributed by atoms with E-state index in [4.69, 9.17) is 9.47 Å². The summed E-state index contributed by atoms with van der Waals surface area (Å²) in [6.07, 6.45) is 1.73. The smallest absolute Gasteiger partial charge is 0.221 e. The van der Waals surface area contributed by atoms with E-state index in [1.165, 1.54) is 18.3 Å². The molecule has 0 radical (unpaired) electrons. The molecule has 30 heavy (non-hydrogen) atoms. The van der Waals surface area contributed by atoms with E-state index in [9.17, 15) is 10.1 Å². The number of aryl methyl sites for hydroxylation is 1. The van der Waals surface area contributed by atoms with Gasteiger partial charge in [0.15, 0.2) is 11.5 Å². The van der Waals surface area contributed by atoms with Crippen LogP contribution < -0.4 is 14.8 Å². The second kappa shape index (κ2) is 9.25. The summed E-state index contributed by atoms with van der Waals surface area (Å²) in [6, 6.07) is 15.5. The van der Waals surface area contributed by atoms with Crippen molar-refractivity contribution in [3.05, 3.63) is 58.6 Å². The third-order valence-electron chi connectivity index (χ3n) is 4.31. The van der Waals surface area contributed by atoms with Gasteiger partial charge in [-0.15, -0.1) is 0 Å². The van der Waals surface area contributed by atoms with Gasteiger partial charge in [0, 0.05) is 12.5 Å². The monoisotopic (exact) mass is 419 g/mol. The molecular weight excluding hydrogens is 398 g/mol. The van der Waals surface area contributed by atoms with Gasteiger partial charge in [-0.1, -0.05) is 47.2 Å². The van der Waals surface area contributed by atoms with Crippen molar-refractivity contribution < 1.29 is 14.3 Å². The van der Waals surface area contributed by atoms with Gasteiger partial charge in [0.2, 0.25) is 5.91 Å². The van der Waals surface area contributed by atoms with Gasteiger partial charge in [-0.2, -0.15) is 5.26 Å². The zero-order valence-electron chi connectivity index (χ0n) is 17.1. The Morgan fingerprint density at radius 1 is 1.13 bits per heavy atom. The highest BCUT2D eigenvalue weighted by Gasteiger charge is 2.17. The van der Waals surface area contributed by atoms with Crippen LogP contribution in [-0.2, 0) is 4.79 Å². The summed E-state index contributed by atoms with van der Waals surface area (Å²) in [4.78, 5) is 16.3. The first-order valence-electron chi connectivity index (χ1n) is 9.14. The van der Waals surface area contributed by atoms with Crippen molar-refractivity contribution >= 4 is 33.9 Å². The van der Waals surface area contributed by atoms with Gasteiger partial charge in [-0.25, -0.2) is 4.98 Å². The fraction of sp³-hybridized carbons (Fsp3) is 0.174. The molecule has 1 heterocycles. The Morgan fingerprint density at radius 2 is 1.83 bits per heavy atom. The molecule has 0 saturated carbocycles. The lowest BCUT2D eigenvalue weighted by Crippen LogP contribution is -2.05. The second-order valence-electron chi connectivity index (χ2n) is 6.53. The highest BCUT2D eigenvalue weighted by molar-refractivity contribution is 7.17. The maximum Gasteiger partial charge on any atom is 0.221 e. The Hall–Kier alpha value is -3.63. The minimum atomic E-state index is -0.194. The summed E-state index contributed by atoms with van der Waals surface area (Å²) < 4.78 is 10.6. The number of aromatic nitrogens is 1. The number of carbonyl (C=O) groups excluding carboxylic acids is 1. The van der Waals surface area contributed by atoms with E-state index in [-0.39, 0.29) is 5.91 Å². The molecule has 0 aliphatic heterocycles. The van der Waals surface area contributed by atoms with Crippen LogP contribution in [0.3, 0.4) is 0 Å². The Morgan fingerprint density at radius 3 is 2.43 bits per heavy atom. The van der Waals surface area contributed by atoms with Crippen LogP contribution in [0.1, 0.15) is 23.1 Å². The molecule has 0 atom stereocenters. The average molecular weight is 420 g/mol. The maximum atomic E-state index is 11.7. The fourth-order valence-electron chi connectivity index (χ4n) is 2.84. The quantitative estimate of drug-likeness (QED) is 0.558. The molecule has 3 aromatic rings. The van der Waals surface area contributed by atoms with Gasteiger partial charge in [-0.3, -0.25) is 4.79 Å². The lowest BCUT2D eigenvalue weighted by atomic mass is 10.1. The van der Waals surface area contributed by atoms with Crippen LogP contribution in [0.25, 0.3) is 22.9 Å². The first-order valence-corrected chi connectivity index (χ1v) is 9.96. The molecule has 7 heteroatoms. The Balaban J connectivity index is 2.06. The number of nitriles is 1. The number of carbonyl (C=O) groups is 1. The minimum Gasteiger partial charge on any atom is -0.493 e. The fourth-order valence-corrected chi connectivity index (χ4v) is 3.84. The molecule has 0 aliphatic rings. The number of hydrogen-bond acceptors (Lipinski definition) is 6. The average Bonchev–Trinajstić information content (AvgIpc) is 3.15. The number of amides is 1. The molecule has 0 unspecified atom stereocenters. The number of ether oxygens (including phenoxy) is 2. The van der Waals surface area contributed by atoms with E-state index in [1.807, 2.05) is 37.3 Å². The van der Waals surface area contributed by atoms with E-state index < -0.39 is 0 Å². The van der Waals surface area contributed by atoms with Crippen LogP contribution in [0.5, 0.6) is 11.5 Å². The molecule has 2 aromatic carbocycles. The number of rotatable bonds is 6. The molecule has 6 nitrogen and oxygen atoms in total. The molecule has 152 valence electrons. The van der Waals surface area contributed by atoms with Crippen LogP contribution >= 0.6 is 11.3 Å². The van der Waals surface area contributed by atoms with Crippen LogP contribution in [-0.4, -0.2) is 25.1 Å². The van der Waals surface area contributed by atoms with Gasteiger partial charge in [0.25, 0.3) is 0 Å². The van der Waals surface area contributed by atoms with Crippen molar-refractivity contribution in [2.24, 2.45) is 0 Å². The van der Waals surface area contributed by atoms with Gasteiger partial charge in [-0.05, 0) is 30.7 Å². The number of hydrogen-bond donors (Lipinski definition) is 1. The van der Waals surface area contributed by atoms with Gasteiger partial charge >= 0.3 is 0 Å².